The van der Waals surface area contributed by atoms with Crippen molar-refractivity contribution in [3.05, 3.63) is 27.7 Å². The third-order valence-electron chi connectivity index (χ3n) is 3.49. The highest BCUT2D eigenvalue weighted by molar-refractivity contribution is 9.10. The highest BCUT2D eigenvalue weighted by Gasteiger charge is 2.22. The van der Waals surface area contributed by atoms with Crippen LogP contribution < -0.4 is 10.1 Å². The van der Waals surface area contributed by atoms with Crippen LogP contribution in [0.1, 0.15) is 26.2 Å². The summed E-state index contributed by atoms with van der Waals surface area (Å²) in [6.07, 6.45) is 0.279. The average Bonchev–Trinajstić information content (AvgIpc) is 2.56. The number of hydrogen-bond donors (Lipinski definition) is 2. The summed E-state index contributed by atoms with van der Waals surface area (Å²) in [6, 6.07) is 3.83. The van der Waals surface area contributed by atoms with Gasteiger partial charge in [0.1, 0.15) is 21.6 Å². The molecule has 0 radical (unpaired) electrons. The van der Waals surface area contributed by atoms with Crippen LogP contribution in [-0.2, 0) is 19.4 Å². The fourth-order valence-corrected chi connectivity index (χ4v) is 3.65. The number of carbonyl (C=O) groups excluding carboxylic acids is 1. The van der Waals surface area contributed by atoms with E-state index in [1.807, 2.05) is 0 Å². The lowest BCUT2D eigenvalue weighted by Gasteiger charge is -2.14. The minimum absolute atomic E-state index is 0.0646. The Morgan fingerprint density at radius 3 is 2.65 bits per heavy atom. The van der Waals surface area contributed by atoms with Gasteiger partial charge >= 0.3 is 5.97 Å². The molecule has 10 heteroatoms. The first-order valence-electron chi connectivity index (χ1n) is 7.95. The zero-order chi connectivity index (χ0) is 19.7. The molecule has 0 bridgehead atoms. The molecule has 0 heterocycles. The molecule has 0 aromatic heterocycles. The first-order valence-corrected chi connectivity index (χ1v) is 10.9. The van der Waals surface area contributed by atoms with Gasteiger partial charge in [0, 0.05) is 17.2 Å². The molecule has 0 fully saturated rings. The van der Waals surface area contributed by atoms with E-state index < -0.39 is 27.8 Å². The molecule has 1 atom stereocenters. The third-order valence-corrected chi connectivity index (χ3v) is 6.08. The van der Waals surface area contributed by atoms with E-state index in [0.29, 0.717) is 21.7 Å². The molecule has 0 saturated carbocycles. The summed E-state index contributed by atoms with van der Waals surface area (Å²) in [5.74, 6) is -1.49. The second-order valence-corrected chi connectivity index (χ2v) is 9.27. The number of ether oxygens (including phenoxy) is 1. The molecule has 7 nitrogen and oxygen atoms in total. The zero-order valence-electron chi connectivity index (χ0n) is 14.2. The minimum Gasteiger partial charge on any atom is -0.492 e. The standard InChI is InChI=1S/C16H21BrClNO6S/c1-2-26(23,24)9-7-13(16(21)22)19-15(20)4-3-8-25-14-6-5-11(18)10-12(14)17/h5-6,10,13H,2-4,7-9H2,1H3,(H,19,20)(H,21,22). The van der Waals surface area contributed by atoms with Crippen LogP contribution in [-0.4, -0.2) is 49.6 Å². The van der Waals surface area contributed by atoms with Gasteiger partial charge in [-0.3, -0.25) is 4.79 Å². The highest BCUT2D eigenvalue weighted by atomic mass is 79.9. The second kappa shape index (κ2) is 10.7. The molecule has 1 amide bonds. The monoisotopic (exact) mass is 469 g/mol. The normalized spacial score (nSPS) is 12.4. The number of sulfone groups is 1. The van der Waals surface area contributed by atoms with Gasteiger partial charge in [0.25, 0.3) is 0 Å². The van der Waals surface area contributed by atoms with Gasteiger partial charge < -0.3 is 15.2 Å². The summed E-state index contributed by atoms with van der Waals surface area (Å²) in [4.78, 5) is 23.0. The predicted octanol–water partition coefficient (Wildman–Crippen LogP) is 2.66. The molecule has 0 saturated heterocycles. The molecule has 0 aliphatic carbocycles. The highest BCUT2D eigenvalue weighted by Crippen LogP contribution is 2.28. The lowest BCUT2D eigenvalue weighted by atomic mass is 10.2. The molecule has 1 aromatic rings. The average molecular weight is 471 g/mol. The Balaban J connectivity index is 2.40. The maximum atomic E-state index is 11.9. The molecule has 1 rings (SSSR count). The minimum atomic E-state index is -3.29. The molecule has 0 spiro atoms. The second-order valence-electron chi connectivity index (χ2n) is 5.51. The number of aliphatic carboxylic acids is 1. The number of nitrogens with one attached hydrogen (secondary N) is 1. The lowest BCUT2D eigenvalue weighted by molar-refractivity contribution is -0.141. The van der Waals surface area contributed by atoms with Gasteiger partial charge in [-0.2, -0.15) is 0 Å². The molecular weight excluding hydrogens is 450 g/mol. The third kappa shape index (κ3) is 8.37. The molecular formula is C16H21BrClNO6S. The van der Waals surface area contributed by atoms with E-state index in [-0.39, 0.29) is 31.0 Å². The Morgan fingerprint density at radius 2 is 2.08 bits per heavy atom. The summed E-state index contributed by atoms with van der Waals surface area (Å²) in [6.45, 7) is 1.75. The van der Waals surface area contributed by atoms with Crippen molar-refractivity contribution in [2.75, 3.05) is 18.1 Å². The quantitative estimate of drug-likeness (QED) is 0.481. The summed E-state index contributed by atoms with van der Waals surface area (Å²) in [7, 11) is -3.29. The van der Waals surface area contributed by atoms with Crippen molar-refractivity contribution >= 4 is 49.2 Å². The van der Waals surface area contributed by atoms with Crippen LogP contribution in [0.4, 0.5) is 0 Å². The van der Waals surface area contributed by atoms with Crippen molar-refractivity contribution in [1.82, 2.24) is 5.32 Å². The number of halogens is 2. The largest absolute Gasteiger partial charge is 0.492 e. The van der Waals surface area contributed by atoms with Crippen molar-refractivity contribution in [3.8, 4) is 5.75 Å². The molecule has 26 heavy (non-hydrogen) atoms. The van der Waals surface area contributed by atoms with Crippen LogP contribution in [0.25, 0.3) is 0 Å². The number of amides is 1. The topological polar surface area (TPSA) is 110 Å². The van der Waals surface area contributed by atoms with E-state index in [9.17, 15) is 18.0 Å². The maximum absolute atomic E-state index is 11.9. The number of carboxylic acids is 1. The van der Waals surface area contributed by atoms with Gasteiger partial charge in [-0.05, 0) is 47.0 Å². The SMILES string of the molecule is CCS(=O)(=O)CCC(NC(=O)CCCOc1ccc(Cl)cc1Br)C(=O)O. The van der Waals surface area contributed by atoms with E-state index in [1.54, 1.807) is 18.2 Å². The van der Waals surface area contributed by atoms with Crippen LogP contribution in [0, 0.1) is 0 Å². The van der Waals surface area contributed by atoms with Crippen LogP contribution in [0.3, 0.4) is 0 Å². The smallest absolute Gasteiger partial charge is 0.326 e. The summed E-state index contributed by atoms with van der Waals surface area (Å²) in [5, 5.41) is 12.0. The molecule has 0 aliphatic rings. The first kappa shape index (κ1) is 22.7. The number of rotatable bonds is 11. The Bertz CT molecular complexity index is 740. The van der Waals surface area contributed by atoms with Crippen molar-refractivity contribution in [2.24, 2.45) is 0 Å². The van der Waals surface area contributed by atoms with E-state index in [2.05, 4.69) is 21.2 Å². The zero-order valence-corrected chi connectivity index (χ0v) is 17.4. The molecule has 2 N–H and O–H groups in total. The number of carboxylic acid groups (broad SMARTS) is 1. The van der Waals surface area contributed by atoms with E-state index in [0.717, 1.165) is 0 Å². The number of benzene rings is 1. The Morgan fingerprint density at radius 1 is 1.38 bits per heavy atom. The fraction of sp³-hybridized carbons (Fsp3) is 0.500. The lowest BCUT2D eigenvalue weighted by Crippen LogP contribution is -2.42. The molecule has 1 unspecified atom stereocenters. The first-order chi connectivity index (χ1) is 12.1. The van der Waals surface area contributed by atoms with Gasteiger partial charge in [0.15, 0.2) is 0 Å². The summed E-state index contributed by atoms with van der Waals surface area (Å²) < 4.78 is 29.2. The molecule has 146 valence electrons. The number of carbonyl (C=O) groups is 2. The fourth-order valence-electron chi connectivity index (χ4n) is 1.97. The van der Waals surface area contributed by atoms with Crippen molar-refractivity contribution in [3.63, 3.8) is 0 Å². The summed E-state index contributed by atoms with van der Waals surface area (Å²) >= 11 is 9.15. The van der Waals surface area contributed by atoms with Crippen LogP contribution in [0.5, 0.6) is 5.75 Å². The molecule has 0 aliphatic heterocycles. The van der Waals surface area contributed by atoms with Crippen LogP contribution >= 0.6 is 27.5 Å². The summed E-state index contributed by atoms with van der Waals surface area (Å²) in [5.41, 5.74) is 0. The van der Waals surface area contributed by atoms with Crippen molar-refractivity contribution < 1.29 is 27.9 Å². The van der Waals surface area contributed by atoms with Crippen LogP contribution in [0.2, 0.25) is 5.02 Å². The van der Waals surface area contributed by atoms with Gasteiger partial charge in [0.2, 0.25) is 5.91 Å². The van der Waals surface area contributed by atoms with Gasteiger partial charge in [-0.15, -0.1) is 0 Å². The Kier molecular flexibility index (Phi) is 9.38. The van der Waals surface area contributed by atoms with Crippen molar-refractivity contribution in [1.29, 1.82) is 0 Å². The van der Waals surface area contributed by atoms with Crippen LogP contribution in [0.15, 0.2) is 22.7 Å². The van der Waals surface area contributed by atoms with Gasteiger partial charge in [-0.1, -0.05) is 18.5 Å². The van der Waals surface area contributed by atoms with E-state index >= 15 is 0 Å². The van der Waals surface area contributed by atoms with Gasteiger partial charge in [0.05, 0.1) is 16.8 Å². The van der Waals surface area contributed by atoms with Crippen molar-refractivity contribution in [2.45, 2.75) is 32.2 Å². The maximum Gasteiger partial charge on any atom is 0.326 e. The Labute approximate surface area is 166 Å². The molecule has 1 aromatic carbocycles. The predicted molar refractivity (Wildman–Crippen MR) is 102 cm³/mol. The number of hydrogen-bond acceptors (Lipinski definition) is 5. The van der Waals surface area contributed by atoms with Gasteiger partial charge in [-0.25, -0.2) is 13.2 Å². The van der Waals surface area contributed by atoms with E-state index in [1.165, 1.54) is 6.92 Å². The van der Waals surface area contributed by atoms with E-state index in [4.69, 9.17) is 21.4 Å². The Hall–Kier alpha value is -1.32.